The van der Waals surface area contributed by atoms with Gasteiger partial charge in [-0.2, -0.15) is 0 Å². The van der Waals surface area contributed by atoms with E-state index in [1.807, 2.05) is 0 Å². The molecule has 0 aromatic carbocycles. The van der Waals surface area contributed by atoms with E-state index in [1.165, 1.54) is 27.8 Å². The molecule has 1 amide bonds. The molecule has 21 heavy (non-hydrogen) atoms. The highest BCUT2D eigenvalue weighted by atomic mass is 16.6. The fraction of sp³-hybridized carbons (Fsp3) is 0.400. The summed E-state index contributed by atoms with van der Waals surface area (Å²) in [5.74, 6) is -1.75. The SMILES string of the molecule is C=C(C)C(=O)OCC(OC(=O)C(=C)C)N(C)C(=O)C(=C)C. The fourth-order valence-electron chi connectivity index (χ4n) is 1.15. The van der Waals surface area contributed by atoms with Gasteiger partial charge >= 0.3 is 11.9 Å². The van der Waals surface area contributed by atoms with Crippen LogP contribution in [-0.2, 0) is 23.9 Å². The molecule has 1 atom stereocenters. The molecule has 116 valence electrons. The minimum atomic E-state index is -1.07. The maximum Gasteiger partial charge on any atom is 0.335 e. The quantitative estimate of drug-likeness (QED) is 0.405. The fourth-order valence-corrected chi connectivity index (χ4v) is 1.15. The predicted octanol–water partition coefficient (Wildman–Crippen LogP) is 1.59. The first kappa shape index (κ1) is 18.6. The van der Waals surface area contributed by atoms with E-state index in [2.05, 4.69) is 19.7 Å². The van der Waals surface area contributed by atoms with Crippen molar-refractivity contribution in [3.8, 4) is 0 Å². The molecule has 0 rings (SSSR count). The summed E-state index contributed by atoms with van der Waals surface area (Å²) in [6.07, 6.45) is -1.07. The number of hydrogen-bond acceptors (Lipinski definition) is 5. The van der Waals surface area contributed by atoms with Gasteiger partial charge in [0, 0.05) is 23.8 Å². The summed E-state index contributed by atoms with van der Waals surface area (Å²) >= 11 is 0. The molecule has 1 unspecified atom stereocenters. The summed E-state index contributed by atoms with van der Waals surface area (Å²) in [6.45, 7) is 14.6. The topological polar surface area (TPSA) is 72.9 Å². The van der Waals surface area contributed by atoms with Crippen molar-refractivity contribution in [2.45, 2.75) is 27.0 Å². The van der Waals surface area contributed by atoms with Crippen LogP contribution in [0, 0.1) is 0 Å². The van der Waals surface area contributed by atoms with Crippen LogP contribution in [0.25, 0.3) is 0 Å². The summed E-state index contributed by atoms with van der Waals surface area (Å²) in [5.41, 5.74) is 0.636. The molecule has 0 aliphatic carbocycles. The molecule has 6 heteroatoms. The van der Waals surface area contributed by atoms with Gasteiger partial charge in [-0.1, -0.05) is 19.7 Å². The van der Waals surface area contributed by atoms with Gasteiger partial charge in [0.05, 0.1) is 0 Å². The molecule has 0 aliphatic rings. The van der Waals surface area contributed by atoms with E-state index in [0.717, 1.165) is 4.90 Å². The van der Waals surface area contributed by atoms with Crippen molar-refractivity contribution in [1.82, 2.24) is 4.90 Å². The summed E-state index contributed by atoms with van der Waals surface area (Å²) in [4.78, 5) is 36.0. The van der Waals surface area contributed by atoms with Crippen molar-refractivity contribution < 1.29 is 23.9 Å². The molecule has 0 aromatic rings. The molecule has 0 N–H and O–H groups in total. The summed E-state index contributed by atoms with van der Waals surface area (Å²) < 4.78 is 10.0. The second-order valence-electron chi connectivity index (χ2n) is 4.72. The average Bonchev–Trinajstić information content (AvgIpc) is 2.40. The molecule has 0 bridgehead atoms. The van der Waals surface area contributed by atoms with E-state index in [4.69, 9.17) is 9.47 Å². The second kappa shape index (κ2) is 8.04. The normalized spacial score (nSPS) is 11.0. The molecule has 0 aliphatic heterocycles. The predicted molar refractivity (Wildman–Crippen MR) is 78.1 cm³/mol. The second-order valence-corrected chi connectivity index (χ2v) is 4.72. The number of carbonyl (C=O) groups is 3. The molecule has 6 nitrogen and oxygen atoms in total. The zero-order valence-corrected chi connectivity index (χ0v) is 12.9. The van der Waals surface area contributed by atoms with E-state index in [0.29, 0.717) is 0 Å². The van der Waals surface area contributed by atoms with Gasteiger partial charge in [-0.15, -0.1) is 0 Å². The lowest BCUT2D eigenvalue weighted by Gasteiger charge is -2.27. The largest absolute Gasteiger partial charge is 0.456 e. The molecule has 0 fully saturated rings. The Morgan fingerprint density at radius 3 is 1.81 bits per heavy atom. The minimum Gasteiger partial charge on any atom is -0.456 e. The molecule has 0 radical (unpaired) electrons. The lowest BCUT2D eigenvalue weighted by Crippen LogP contribution is -2.44. The van der Waals surface area contributed by atoms with Crippen molar-refractivity contribution in [3.05, 3.63) is 36.5 Å². The number of likely N-dealkylation sites (N-methyl/N-ethyl adjacent to an activating group) is 1. The van der Waals surface area contributed by atoms with Crippen molar-refractivity contribution >= 4 is 17.8 Å². The first-order chi connectivity index (χ1) is 9.57. The zero-order valence-electron chi connectivity index (χ0n) is 12.9. The highest BCUT2D eigenvalue weighted by Crippen LogP contribution is 2.08. The Balaban J connectivity index is 5.00. The number of carbonyl (C=O) groups excluding carboxylic acids is 3. The summed E-state index contributed by atoms with van der Waals surface area (Å²) in [6, 6.07) is 0. The maximum absolute atomic E-state index is 11.9. The molecular weight excluding hydrogens is 274 g/mol. The smallest absolute Gasteiger partial charge is 0.335 e. The Labute approximate surface area is 124 Å². The minimum absolute atomic E-state index is 0.169. The third-order valence-electron chi connectivity index (χ3n) is 2.41. The van der Waals surface area contributed by atoms with Gasteiger partial charge in [0.15, 0.2) is 0 Å². The number of nitrogens with zero attached hydrogens (tertiary/aromatic N) is 1. The van der Waals surface area contributed by atoms with Crippen LogP contribution in [0.4, 0.5) is 0 Å². The molecule has 0 aromatic heterocycles. The monoisotopic (exact) mass is 295 g/mol. The van der Waals surface area contributed by atoms with E-state index in [-0.39, 0.29) is 23.3 Å². The van der Waals surface area contributed by atoms with E-state index < -0.39 is 24.1 Å². The third-order valence-corrected chi connectivity index (χ3v) is 2.41. The van der Waals surface area contributed by atoms with Gasteiger partial charge in [-0.25, -0.2) is 9.59 Å². The lowest BCUT2D eigenvalue weighted by atomic mass is 10.3. The van der Waals surface area contributed by atoms with Crippen LogP contribution in [-0.4, -0.2) is 42.6 Å². The van der Waals surface area contributed by atoms with Crippen LogP contribution < -0.4 is 0 Å². The molecule has 0 saturated heterocycles. The average molecular weight is 295 g/mol. The van der Waals surface area contributed by atoms with Crippen LogP contribution in [0.1, 0.15) is 20.8 Å². The Hall–Kier alpha value is -2.37. The molecular formula is C15H21NO5. The number of amides is 1. The number of rotatable bonds is 7. The van der Waals surface area contributed by atoms with Crippen molar-refractivity contribution in [2.24, 2.45) is 0 Å². The van der Waals surface area contributed by atoms with Crippen LogP contribution in [0.3, 0.4) is 0 Å². The zero-order chi connectivity index (χ0) is 16.7. The van der Waals surface area contributed by atoms with E-state index in [1.54, 1.807) is 0 Å². The van der Waals surface area contributed by atoms with Crippen LogP contribution in [0.2, 0.25) is 0 Å². The van der Waals surface area contributed by atoms with Crippen molar-refractivity contribution in [3.63, 3.8) is 0 Å². The van der Waals surface area contributed by atoms with Gasteiger partial charge in [-0.3, -0.25) is 4.79 Å². The Morgan fingerprint density at radius 2 is 1.43 bits per heavy atom. The van der Waals surface area contributed by atoms with E-state index in [9.17, 15) is 14.4 Å². The van der Waals surface area contributed by atoms with Crippen LogP contribution in [0.5, 0.6) is 0 Å². The van der Waals surface area contributed by atoms with Gasteiger partial charge in [-0.05, 0) is 20.8 Å². The summed E-state index contributed by atoms with van der Waals surface area (Å²) in [7, 11) is 1.42. The Bertz CT molecular complexity index is 492. The molecule has 0 saturated carbocycles. The number of esters is 2. The maximum atomic E-state index is 11.9. The van der Waals surface area contributed by atoms with Gasteiger partial charge in [0.25, 0.3) is 5.91 Å². The van der Waals surface area contributed by atoms with Crippen LogP contribution in [0.15, 0.2) is 36.5 Å². The summed E-state index contributed by atoms with van der Waals surface area (Å²) in [5, 5.41) is 0. The highest BCUT2D eigenvalue weighted by molar-refractivity contribution is 5.92. The van der Waals surface area contributed by atoms with Crippen LogP contribution >= 0.6 is 0 Å². The number of ether oxygens (including phenoxy) is 2. The number of hydrogen-bond donors (Lipinski definition) is 0. The van der Waals surface area contributed by atoms with E-state index >= 15 is 0 Å². The molecule has 0 spiro atoms. The first-order valence-corrected chi connectivity index (χ1v) is 6.19. The van der Waals surface area contributed by atoms with Gasteiger partial charge in [0.1, 0.15) is 6.61 Å². The Kier molecular flexibility index (Phi) is 7.13. The third kappa shape index (κ3) is 6.07. The standard InChI is InChI=1S/C15H21NO5/c1-9(2)13(17)16(7)12(21-15(19)11(5)6)8-20-14(18)10(3)4/h12H,1,3,5,8H2,2,4,6-7H3. The van der Waals surface area contributed by atoms with Crippen molar-refractivity contribution in [2.75, 3.05) is 13.7 Å². The van der Waals surface area contributed by atoms with Gasteiger partial charge in [0.2, 0.25) is 6.23 Å². The Morgan fingerprint density at radius 1 is 0.952 bits per heavy atom. The highest BCUT2D eigenvalue weighted by Gasteiger charge is 2.26. The lowest BCUT2D eigenvalue weighted by molar-refractivity contribution is -0.169. The van der Waals surface area contributed by atoms with Gasteiger partial charge < -0.3 is 14.4 Å². The van der Waals surface area contributed by atoms with Crippen molar-refractivity contribution in [1.29, 1.82) is 0 Å². The first-order valence-electron chi connectivity index (χ1n) is 6.19. The molecule has 0 heterocycles.